The van der Waals surface area contributed by atoms with Crippen LogP contribution in [0.15, 0.2) is 30.5 Å². The number of aromatic nitrogens is 1. The second-order valence-electron chi connectivity index (χ2n) is 5.07. The number of benzene rings is 1. The molecule has 1 aromatic carbocycles. The van der Waals surface area contributed by atoms with Gasteiger partial charge in [0.15, 0.2) is 9.84 Å². The Kier molecular flexibility index (Phi) is 3.25. The first-order valence-corrected chi connectivity index (χ1v) is 8.47. The molecule has 0 aliphatic carbocycles. The number of nitrogens with zero attached hydrogens (tertiary/aromatic N) is 2. The summed E-state index contributed by atoms with van der Waals surface area (Å²) in [5, 5.41) is 0.914. The first kappa shape index (κ1) is 13.2. The Bertz CT molecular complexity index is 743. The molecule has 3 rings (SSSR count). The van der Waals surface area contributed by atoms with Gasteiger partial charge in [-0.15, -0.1) is 0 Å². The fourth-order valence-corrected chi connectivity index (χ4v) is 3.89. The number of hydrogen-bond acceptors (Lipinski definition) is 5. The smallest absolute Gasteiger partial charge is 0.152 e. The summed E-state index contributed by atoms with van der Waals surface area (Å²) in [6, 6.07) is 7.59. The molecule has 6 heteroatoms. The molecule has 1 saturated heterocycles. The highest BCUT2D eigenvalue weighted by atomic mass is 32.2. The van der Waals surface area contributed by atoms with Crippen LogP contribution in [-0.4, -0.2) is 38.0 Å². The molecule has 106 valence electrons. The number of nitrogens with two attached hydrogens (primary N) is 1. The van der Waals surface area contributed by atoms with Crippen molar-refractivity contribution in [2.75, 3.05) is 35.2 Å². The van der Waals surface area contributed by atoms with Crippen molar-refractivity contribution in [2.24, 2.45) is 0 Å². The quantitative estimate of drug-likeness (QED) is 0.805. The monoisotopic (exact) mass is 291 g/mol. The van der Waals surface area contributed by atoms with Crippen LogP contribution in [0.1, 0.15) is 6.42 Å². The molecule has 1 aliphatic rings. The molecule has 0 radical (unpaired) electrons. The van der Waals surface area contributed by atoms with Crippen LogP contribution >= 0.6 is 0 Å². The van der Waals surface area contributed by atoms with E-state index in [0.717, 1.165) is 23.1 Å². The lowest BCUT2D eigenvalue weighted by Crippen LogP contribution is -2.27. The maximum absolute atomic E-state index is 11.7. The number of sulfone groups is 1. The summed E-state index contributed by atoms with van der Waals surface area (Å²) < 4.78 is 23.4. The van der Waals surface area contributed by atoms with Crippen LogP contribution in [0.3, 0.4) is 0 Å². The topological polar surface area (TPSA) is 76.3 Å². The first-order valence-electron chi connectivity index (χ1n) is 6.65. The van der Waals surface area contributed by atoms with E-state index < -0.39 is 9.84 Å². The molecule has 20 heavy (non-hydrogen) atoms. The van der Waals surface area contributed by atoms with E-state index in [2.05, 4.69) is 9.88 Å². The van der Waals surface area contributed by atoms with Crippen molar-refractivity contribution in [1.29, 1.82) is 0 Å². The Labute approximate surface area is 118 Å². The van der Waals surface area contributed by atoms with Crippen LogP contribution < -0.4 is 10.6 Å². The van der Waals surface area contributed by atoms with Gasteiger partial charge in [0.05, 0.1) is 22.7 Å². The summed E-state index contributed by atoms with van der Waals surface area (Å²) in [6.45, 7) is 1.24. The van der Waals surface area contributed by atoms with Crippen LogP contribution in [-0.2, 0) is 9.84 Å². The van der Waals surface area contributed by atoms with Gasteiger partial charge in [0.2, 0.25) is 0 Å². The first-order chi connectivity index (χ1) is 9.57. The Balaban J connectivity index is 2.04. The van der Waals surface area contributed by atoms with Crippen molar-refractivity contribution < 1.29 is 8.42 Å². The molecule has 1 fully saturated rings. The molecule has 5 nitrogen and oxygen atoms in total. The summed E-state index contributed by atoms with van der Waals surface area (Å²) in [4.78, 5) is 6.51. The van der Waals surface area contributed by atoms with Crippen LogP contribution in [0.4, 0.5) is 11.4 Å². The Morgan fingerprint density at radius 3 is 2.85 bits per heavy atom. The number of nitrogen functional groups attached to an aromatic ring is 1. The summed E-state index contributed by atoms with van der Waals surface area (Å²) in [6.07, 6.45) is 2.39. The third-order valence-corrected chi connectivity index (χ3v) is 5.39. The molecule has 1 aromatic heterocycles. The van der Waals surface area contributed by atoms with Crippen molar-refractivity contribution >= 4 is 32.1 Å². The summed E-state index contributed by atoms with van der Waals surface area (Å²) >= 11 is 0. The number of pyridine rings is 1. The van der Waals surface area contributed by atoms with Gasteiger partial charge in [-0.1, -0.05) is 0 Å². The molecular weight excluding hydrogens is 274 g/mol. The predicted molar refractivity (Wildman–Crippen MR) is 81.6 cm³/mol. The normalized spacial score (nSPS) is 18.9. The minimum absolute atomic E-state index is 0.200. The average molecular weight is 291 g/mol. The van der Waals surface area contributed by atoms with E-state index in [9.17, 15) is 8.42 Å². The molecule has 1 aliphatic heterocycles. The third-order valence-electron chi connectivity index (χ3n) is 3.68. The number of fused-ring (bicyclic) bond motifs is 1. The average Bonchev–Trinajstić information content (AvgIpc) is 2.61. The zero-order valence-corrected chi connectivity index (χ0v) is 11.9. The third kappa shape index (κ3) is 2.43. The van der Waals surface area contributed by atoms with E-state index in [1.54, 1.807) is 6.20 Å². The minimum Gasteiger partial charge on any atom is -0.398 e. The zero-order valence-electron chi connectivity index (χ0n) is 11.1. The van der Waals surface area contributed by atoms with Crippen molar-refractivity contribution in [2.45, 2.75) is 6.42 Å². The van der Waals surface area contributed by atoms with Gasteiger partial charge in [-0.05, 0) is 30.7 Å². The highest BCUT2D eigenvalue weighted by molar-refractivity contribution is 7.91. The van der Waals surface area contributed by atoms with E-state index in [-0.39, 0.29) is 11.5 Å². The zero-order chi connectivity index (χ0) is 14.2. The summed E-state index contributed by atoms with van der Waals surface area (Å²) in [5.41, 5.74) is 8.47. The molecule has 2 N–H and O–H groups in total. The van der Waals surface area contributed by atoms with E-state index in [4.69, 9.17) is 5.73 Å². The van der Waals surface area contributed by atoms with Crippen LogP contribution in [0.25, 0.3) is 10.9 Å². The standard InChI is InChI=1S/C14H17N3O2S/c15-12-4-5-13(14-11(12)3-1-6-16-14)17-7-2-9-20(18,19)10-8-17/h1,3-6H,2,7-10,15H2. The molecule has 0 spiro atoms. The molecule has 0 amide bonds. The van der Waals surface area contributed by atoms with Gasteiger partial charge < -0.3 is 10.6 Å². The Morgan fingerprint density at radius 2 is 2.00 bits per heavy atom. The van der Waals surface area contributed by atoms with E-state index in [0.29, 0.717) is 18.7 Å². The maximum Gasteiger partial charge on any atom is 0.152 e. The van der Waals surface area contributed by atoms with E-state index >= 15 is 0 Å². The number of rotatable bonds is 1. The van der Waals surface area contributed by atoms with Gasteiger partial charge in [0.25, 0.3) is 0 Å². The van der Waals surface area contributed by atoms with Gasteiger partial charge in [0, 0.05) is 30.4 Å². The van der Waals surface area contributed by atoms with Gasteiger partial charge in [0.1, 0.15) is 0 Å². The second-order valence-corrected chi connectivity index (χ2v) is 7.37. The molecule has 0 unspecified atom stereocenters. The fraction of sp³-hybridized carbons (Fsp3) is 0.357. The van der Waals surface area contributed by atoms with Gasteiger partial charge in [-0.25, -0.2) is 8.42 Å². The van der Waals surface area contributed by atoms with Crippen LogP contribution in [0, 0.1) is 0 Å². The van der Waals surface area contributed by atoms with Gasteiger partial charge >= 0.3 is 0 Å². The lowest BCUT2D eigenvalue weighted by atomic mass is 10.1. The maximum atomic E-state index is 11.7. The number of hydrogen-bond donors (Lipinski definition) is 1. The highest BCUT2D eigenvalue weighted by Gasteiger charge is 2.21. The predicted octanol–water partition coefficient (Wildman–Crippen LogP) is 1.44. The molecule has 2 heterocycles. The molecule has 0 atom stereocenters. The second kappa shape index (κ2) is 4.94. The molecule has 2 aromatic rings. The highest BCUT2D eigenvalue weighted by Crippen LogP contribution is 2.29. The largest absolute Gasteiger partial charge is 0.398 e. The lowest BCUT2D eigenvalue weighted by molar-refractivity contribution is 0.597. The molecule has 0 bridgehead atoms. The van der Waals surface area contributed by atoms with Crippen LogP contribution in [0.5, 0.6) is 0 Å². The van der Waals surface area contributed by atoms with Crippen molar-refractivity contribution in [1.82, 2.24) is 4.98 Å². The van der Waals surface area contributed by atoms with Crippen LogP contribution in [0.2, 0.25) is 0 Å². The van der Waals surface area contributed by atoms with E-state index in [1.165, 1.54) is 0 Å². The Hall–Kier alpha value is -1.82. The van der Waals surface area contributed by atoms with E-state index in [1.807, 2.05) is 24.3 Å². The molecular formula is C14H17N3O2S. The SMILES string of the molecule is Nc1ccc(N2CCCS(=O)(=O)CC2)c2ncccc12. The molecule has 0 saturated carbocycles. The fourth-order valence-electron chi connectivity index (χ4n) is 2.61. The van der Waals surface area contributed by atoms with Gasteiger partial charge in [-0.2, -0.15) is 0 Å². The number of anilines is 2. The lowest BCUT2D eigenvalue weighted by Gasteiger charge is -2.23. The van der Waals surface area contributed by atoms with Crippen molar-refractivity contribution in [3.05, 3.63) is 30.5 Å². The van der Waals surface area contributed by atoms with Crippen molar-refractivity contribution in [3.63, 3.8) is 0 Å². The minimum atomic E-state index is -2.91. The summed E-state index contributed by atoms with van der Waals surface area (Å²) in [7, 11) is -2.91. The Morgan fingerprint density at radius 1 is 1.15 bits per heavy atom. The van der Waals surface area contributed by atoms with Crippen molar-refractivity contribution in [3.8, 4) is 0 Å². The van der Waals surface area contributed by atoms with Gasteiger partial charge in [-0.3, -0.25) is 4.98 Å². The summed E-state index contributed by atoms with van der Waals surface area (Å²) in [5.74, 6) is 0.468.